The molecule has 1 N–H and O–H groups in total. The molecule has 2 nitrogen and oxygen atoms in total. The third kappa shape index (κ3) is 4.43. The van der Waals surface area contributed by atoms with Gasteiger partial charge in [0.2, 0.25) is 0 Å². The van der Waals surface area contributed by atoms with Crippen LogP contribution in [0.2, 0.25) is 5.02 Å². The van der Waals surface area contributed by atoms with E-state index in [1.54, 1.807) is 0 Å². The topological polar surface area (TPSA) is 29.1 Å². The van der Waals surface area contributed by atoms with Gasteiger partial charge in [-0.05, 0) is 17.7 Å². The maximum absolute atomic E-state index is 12.3. The van der Waals surface area contributed by atoms with Gasteiger partial charge in [-0.3, -0.25) is 4.79 Å². The lowest BCUT2D eigenvalue weighted by Gasteiger charge is -2.20. The van der Waals surface area contributed by atoms with Gasteiger partial charge in [-0.1, -0.05) is 51.4 Å². The van der Waals surface area contributed by atoms with Gasteiger partial charge in [-0.15, -0.1) is 0 Å². The van der Waals surface area contributed by atoms with Crippen LogP contribution in [0.5, 0.6) is 0 Å². The van der Waals surface area contributed by atoms with Crippen molar-refractivity contribution in [1.82, 2.24) is 5.32 Å². The molecule has 3 heteroatoms. The van der Waals surface area contributed by atoms with Crippen molar-refractivity contribution >= 4 is 17.4 Å². The molecule has 0 aliphatic rings. The molecule has 0 radical (unpaired) electrons. The van der Waals surface area contributed by atoms with Crippen molar-refractivity contribution in [3.63, 3.8) is 0 Å². The van der Waals surface area contributed by atoms with Crippen molar-refractivity contribution in [2.75, 3.05) is 6.54 Å². The van der Waals surface area contributed by atoms with E-state index in [4.69, 9.17) is 11.6 Å². The molecular weight excluding hydrogens is 246 g/mol. The first-order chi connectivity index (χ1) is 8.41. The Labute approximate surface area is 115 Å². The largest absolute Gasteiger partial charge is 0.313 e. The molecular formula is C15H22ClNO. The van der Waals surface area contributed by atoms with Crippen molar-refractivity contribution in [2.45, 2.75) is 39.7 Å². The van der Waals surface area contributed by atoms with Crippen LogP contribution < -0.4 is 5.32 Å². The van der Waals surface area contributed by atoms with E-state index >= 15 is 0 Å². The molecule has 18 heavy (non-hydrogen) atoms. The molecule has 0 aliphatic carbocycles. The van der Waals surface area contributed by atoms with Crippen LogP contribution in [0.3, 0.4) is 0 Å². The molecule has 0 heterocycles. The Bertz CT molecular complexity index is 384. The van der Waals surface area contributed by atoms with Gasteiger partial charge in [0.1, 0.15) is 5.78 Å². The summed E-state index contributed by atoms with van der Waals surface area (Å²) in [6.07, 6.45) is 0. The van der Waals surface area contributed by atoms with Crippen molar-refractivity contribution in [3.8, 4) is 0 Å². The molecule has 1 aromatic carbocycles. The van der Waals surface area contributed by atoms with E-state index in [0.717, 1.165) is 5.56 Å². The minimum Gasteiger partial charge on any atom is -0.313 e. The van der Waals surface area contributed by atoms with E-state index in [1.165, 1.54) is 0 Å². The van der Waals surface area contributed by atoms with Crippen LogP contribution in [0.15, 0.2) is 24.3 Å². The quantitative estimate of drug-likeness (QED) is 0.853. The molecule has 1 atom stereocenters. The van der Waals surface area contributed by atoms with Gasteiger partial charge in [-0.25, -0.2) is 0 Å². The first-order valence-electron chi connectivity index (χ1n) is 6.44. The monoisotopic (exact) mass is 267 g/mol. The second kappa shape index (κ2) is 6.91. The summed E-state index contributed by atoms with van der Waals surface area (Å²) in [6, 6.07) is 7.93. The van der Waals surface area contributed by atoms with Gasteiger partial charge in [-0.2, -0.15) is 0 Å². The summed E-state index contributed by atoms with van der Waals surface area (Å²) in [5, 5.41) is 4.04. The SMILES string of the molecule is CC(C)NCC(C(=O)C(C)C)c1ccc(Cl)cc1. The Hall–Kier alpha value is -0.860. The summed E-state index contributed by atoms with van der Waals surface area (Å²) in [7, 11) is 0. The zero-order valence-electron chi connectivity index (χ0n) is 11.5. The number of carbonyl (C=O) groups excluding carboxylic acids is 1. The average molecular weight is 268 g/mol. The highest BCUT2D eigenvalue weighted by molar-refractivity contribution is 6.30. The normalized spacial score (nSPS) is 13.1. The zero-order valence-corrected chi connectivity index (χ0v) is 12.3. The smallest absolute Gasteiger partial charge is 0.144 e. The average Bonchev–Trinajstić information content (AvgIpc) is 2.30. The van der Waals surface area contributed by atoms with Gasteiger partial charge in [0.25, 0.3) is 0 Å². The molecule has 0 fully saturated rings. The summed E-state index contributed by atoms with van der Waals surface area (Å²) >= 11 is 5.89. The fraction of sp³-hybridized carbons (Fsp3) is 0.533. The Balaban J connectivity index is 2.89. The van der Waals surface area contributed by atoms with Gasteiger partial charge < -0.3 is 5.32 Å². The number of nitrogens with one attached hydrogen (secondary N) is 1. The lowest BCUT2D eigenvalue weighted by Crippen LogP contribution is -2.33. The molecule has 1 rings (SSSR count). The number of Topliss-reactive ketones (excluding diaryl/α,β-unsaturated/α-hetero) is 1. The fourth-order valence-corrected chi connectivity index (χ4v) is 1.96. The van der Waals surface area contributed by atoms with Crippen molar-refractivity contribution < 1.29 is 4.79 Å². The molecule has 1 aromatic rings. The van der Waals surface area contributed by atoms with Crippen molar-refractivity contribution in [1.29, 1.82) is 0 Å². The third-order valence-electron chi connectivity index (χ3n) is 2.92. The fourth-order valence-electron chi connectivity index (χ4n) is 1.83. The summed E-state index contributed by atoms with van der Waals surface area (Å²) in [6.45, 7) is 8.73. The van der Waals surface area contributed by atoms with Gasteiger partial charge >= 0.3 is 0 Å². The first kappa shape index (κ1) is 15.2. The second-order valence-electron chi connectivity index (χ2n) is 5.22. The summed E-state index contributed by atoms with van der Waals surface area (Å²) in [5.74, 6) is 0.217. The van der Waals surface area contributed by atoms with Crippen LogP contribution >= 0.6 is 11.6 Å². The van der Waals surface area contributed by atoms with E-state index < -0.39 is 0 Å². The van der Waals surface area contributed by atoms with Crippen molar-refractivity contribution in [2.24, 2.45) is 5.92 Å². The molecule has 100 valence electrons. The number of halogens is 1. The number of carbonyl (C=O) groups is 1. The van der Waals surface area contributed by atoms with E-state index in [9.17, 15) is 4.79 Å². The zero-order chi connectivity index (χ0) is 13.7. The Kier molecular flexibility index (Phi) is 5.83. The lowest BCUT2D eigenvalue weighted by molar-refractivity contribution is -0.123. The molecule has 0 aromatic heterocycles. The van der Waals surface area contributed by atoms with E-state index in [2.05, 4.69) is 19.2 Å². The number of benzene rings is 1. The Morgan fingerprint density at radius 3 is 2.17 bits per heavy atom. The summed E-state index contributed by atoms with van der Waals surface area (Å²) in [5.41, 5.74) is 1.03. The van der Waals surface area contributed by atoms with Crippen molar-refractivity contribution in [3.05, 3.63) is 34.9 Å². The first-order valence-corrected chi connectivity index (χ1v) is 6.82. The molecule has 1 unspecified atom stereocenters. The minimum atomic E-state index is -0.0929. The highest BCUT2D eigenvalue weighted by atomic mass is 35.5. The third-order valence-corrected chi connectivity index (χ3v) is 3.17. The van der Waals surface area contributed by atoms with Gasteiger partial charge in [0.05, 0.1) is 5.92 Å². The Morgan fingerprint density at radius 1 is 1.17 bits per heavy atom. The predicted molar refractivity (Wildman–Crippen MR) is 77.2 cm³/mol. The van der Waals surface area contributed by atoms with Gasteiger partial charge in [0.15, 0.2) is 0 Å². The molecule has 0 saturated heterocycles. The number of hydrogen-bond donors (Lipinski definition) is 1. The van der Waals surface area contributed by atoms with E-state index in [0.29, 0.717) is 17.6 Å². The van der Waals surface area contributed by atoms with E-state index in [-0.39, 0.29) is 17.6 Å². The number of ketones is 1. The van der Waals surface area contributed by atoms with Crippen LogP contribution in [0.1, 0.15) is 39.2 Å². The number of hydrogen-bond acceptors (Lipinski definition) is 2. The van der Waals surface area contributed by atoms with Gasteiger partial charge in [0, 0.05) is 23.5 Å². The number of rotatable bonds is 6. The maximum atomic E-state index is 12.3. The predicted octanol–water partition coefficient (Wildman–Crippen LogP) is 3.65. The minimum absolute atomic E-state index is 0.0413. The summed E-state index contributed by atoms with van der Waals surface area (Å²) < 4.78 is 0. The molecule has 0 aliphatic heterocycles. The standard InChI is InChI=1S/C15H22ClNO/c1-10(2)15(18)14(9-17-11(3)4)12-5-7-13(16)8-6-12/h5-8,10-11,14,17H,9H2,1-4H3. The van der Waals surface area contributed by atoms with Crippen LogP contribution in [-0.4, -0.2) is 18.4 Å². The maximum Gasteiger partial charge on any atom is 0.144 e. The molecule has 0 saturated carbocycles. The van der Waals surface area contributed by atoms with Crippen LogP contribution in [0.25, 0.3) is 0 Å². The van der Waals surface area contributed by atoms with Crippen LogP contribution in [0, 0.1) is 5.92 Å². The molecule has 0 bridgehead atoms. The Morgan fingerprint density at radius 2 is 1.72 bits per heavy atom. The van der Waals surface area contributed by atoms with E-state index in [1.807, 2.05) is 38.1 Å². The second-order valence-corrected chi connectivity index (χ2v) is 5.66. The van der Waals surface area contributed by atoms with Crippen LogP contribution in [-0.2, 0) is 4.79 Å². The lowest BCUT2D eigenvalue weighted by atomic mass is 9.88. The van der Waals surface area contributed by atoms with Crippen LogP contribution in [0.4, 0.5) is 0 Å². The highest BCUT2D eigenvalue weighted by Gasteiger charge is 2.22. The molecule has 0 spiro atoms. The molecule has 0 amide bonds. The summed E-state index contributed by atoms with van der Waals surface area (Å²) in [4.78, 5) is 12.3. The highest BCUT2D eigenvalue weighted by Crippen LogP contribution is 2.22.